The number of rotatable bonds is 16. The fraction of sp³-hybridized carbons (Fsp3) is 0.529. The molecule has 0 spiro atoms. The second-order valence-corrected chi connectivity index (χ2v) is 14.2. The number of carbonyl (C=O) groups is 3. The lowest BCUT2D eigenvalue weighted by molar-refractivity contribution is -0.480. The zero-order valence-corrected chi connectivity index (χ0v) is 29.4. The van der Waals surface area contributed by atoms with Gasteiger partial charge in [-0.25, -0.2) is 0 Å². The van der Waals surface area contributed by atoms with Crippen molar-refractivity contribution in [1.29, 1.82) is 0 Å². The second kappa shape index (κ2) is 23.3. The van der Waals surface area contributed by atoms with Crippen molar-refractivity contribution in [2.45, 2.75) is 103 Å². The van der Waals surface area contributed by atoms with E-state index in [1.54, 1.807) is 20.7 Å². The molecule has 0 bridgehead atoms. The van der Waals surface area contributed by atoms with Crippen molar-refractivity contribution in [2.75, 3.05) is 6.54 Å². The minimum atomic E-state index is -0.989. The molecule has 12 heteroatoms. The minimum Gasteiger partial charge on any atom is -0.481 e. The van der Waals surface area contributed by atoms with Crippen LogP contribution >= 0.6 is 32.9 Å². The minimum absolute atomic E-state index is 0.113. The van der Waals surface area contributed by atoms with Gasteiger partial charge in [0.05, 0.1) is 12.0 Å². The van der Waals surface area contributed by atoms with Crippen LogP contribution in [0, 0.1) is 19.9 Å². The van der Waals surface area contributed by atoms with E-state index in [4.69, 9.17) is 22.1 Å². The van der Waals surface area contributed by atoms with Crippen molar-refractivity contribution in [1.82, 2.24) is 0 Å². The molecule has 1 unspecified atom stereocenters. The van der Waals surface area contributed by atoms with Crippen molar-refractivity contribution in [2.24, 2.45) is 5.92 Å². The summed E-state index contributed by atoms with van der Waals surface area (Å²) >= 11 is 5.13. The lowest BCUT2D eigenvalue weighted by atomic mass is 9.94. The van der Waals surface area contributed by atoms with E-state index in [1.807, 2.05) is 50.3 Å². The summed E-state index contributed by atoms with van der Waals surface area (Å²) in [6.45, 7) is 5.75. The number of esters is 1. The Hall–Kier alpha value is -3.06. The number of carbonyl (C=O) groups excluding carboxylic acids is 2. The molecule has 2 aromatic rings. The maximum atomic E-state index is 11.7. The van der Waals surface area contributed by atoms with Gasteiger partial charge in [-0.15, -0.1) is 0 Å². The molecule has 2 N–H and O–H groups in total. The van der Waals surface area contributed by atoms with Crippen LogP contribution in [0.25, 0.3) is 10.4 Å². The standard InChI is InChI=1S/C16H16O2S3.C14H24O2.C4H7NO4/c1-2-3-4-5-6-15(17)18-13-9-7-12(8-10-13)14-11-16(19)21-20-14;1-3-4-9-14(2,16)10-5-6-12-7-8-13(15)11-12;6-4(7)2-1-3-5(8)9/h2-3,7-11H,4-6H2,1H3;5-6,12,16H,3-4,7-11H2,1-2H3;1-3H2,(H,6,7)/b3-2-;6-5+;/t;12?,14-;/m.0./s1. The Balaban J connectivity index is 0.000000375. The molecular formula is C34H47NO8S3. The number of carboxylic acid groups (broad SMARTS) is 1. The predicted molar refractivity (Wildman–Crippen MR) is 188 cm³/mol. The van der Waals surface area contributed by atoms with E-state index < -0.39 is 16.5 Å². The van der Waals surface area contributed by atoms with Crippen LogP contribution < -0.4 is 4.74 Å². The van der Waals surface area contributed by atoms with Gasteiger partial charge in [-0.2, -0.15) is 0 Å². The van der Waals surface area contributed by atoms with Gasteiger partial charge in [0.25, 0.3) is 0 Å². The Morgan fingerprint density at radius 2 is 1.87 bits per heavy atom. The number of carboxylic acids is 1. The van der Waals surface area contributed by atoms with Gasteiger partial charge in [0.2, 0.25) is 6.54 Å². The highest BCUT2D eigenvalue weighted by atomic mass is 32.9. The molecule has 1 saturated carbocycles. The summed E-state index contributed by atoms with van der Waals surface area (Å²) in [7, 11) is 3.25. The first-order chi connectivity index (χ1) is 21.8. The molecule has 0 saturated heterocycles. The van der Waals surface area contributed by atoms with Crippen LogP contribution in [-0.4, -0.2) is 45.0 Å². The van der Waals surface area contributed by atoms with Crippen LogP contribution in [0.4, 0.5) is 0 Å². The van der Waals surface area contributed by atoms with Crippen LogP contribution in [0.2, 0.25) is 0 Å². The van der Waals surface area contributed by atoms with E-state index in [2.05, 4.69) is 25.2 Å². The molecule has 0 amide bonds. The van der Waals surface area contributed by atoms with E-state index in [9.17, 15) is 29.6 Å². The SMILES string of the molecule is C/C=C\CCCC(=O)Oc1ccc(-c2cc(=S)ss2)cc1.CCCC[C@](C)(O)C/C=C/C1CCC(=O)C1.O=C(O)CCC[N+](=O)[O-]. The molecule has 1 aliphatic rings. The van der Waals surface area contributed by atoms with Gasteiger partial charge >= 0.3 is 11.9 Å². The monoisotopic (exact) mass is 693 g/mol. The van der Waals surface area contributed by atoms with Crippen molar-refractivity contribution in [3.8, 4) is 16.2 Å². The average Bonchev–Trinajstić information content (AvgIpc) is 3.62. The molecule has 254 valence electrons. The van der Waals surface area contributed by atoms with Gasteiger partial charge in [-0.3, -0.25) is 24.5 Å². The Bertz CT molecular complexity index is 1310. The third-order valence-electron chi connectivity index (χ3n) is 6.87. The number of aliphatic hydroxyl groups is 1. The van der Waals surface area contributed by atoms with Crippen LogP contribution in [0.15, 0.2) is 54.6 Å². The van der Waals surface area contributed by atoms with Crippen LogP contribution in [0.5, 0.6) is 5.75 Å². The molecule has 3 rings (SSSR count). The summed E-state index contributed by atoms with van der Waals surface area (Å²) in [4.78, 5) is 42.7. The van der Waals surface area contributed by atoms with Gasteiger partial charge in [-0.05, 0) is 87.8 Å². The normalized spacial score (nSPS) is 15.5. The van der Waals surface area contributed by atoms with Gasteiger partial charge < -0.3 is 14.9 Å². The molecule has 1 aromatic carbocycles. The number of hydrogen-bond acceptors (Lipinski definition) is 10. The first-order valence-corrected chi connectivity index (χ1v) is 18.2. The lowest BCUT2D eigenvalue weighted by Crippen LogP contribution is -2.22. The highest BCUT2D eigenvalue weighted by Gasteiger charge is 2.21. The quantitative estimate of drug-likeness (QED) is 0.0257. The molecule has 0 aliphatic heterocycles. The number of unbranched alkanes of at least 4 members (excludes halogenated alkanes) is 2. The Kier molecular flexibility index (Phi) is 20.7. The number of allylic oxidation sites excluding steroid dienone is 3. The Labute approximate surface area is 284 Å². The molecule has 1 aliphatic carbocycles. The first kappa shape index (κ1) is 41.0. The zero-order chi connectivity index (χ0) is 34.4. The van der Waals surface area contributed by atoms with Crippen LogP contribution in [-0.2, 0) is 14.4 Å². The number of aliphatic carboxylic acids is 1. The maximum absolute atomic E-state index is 11.7. The molecule has 1 fully saturated rings. The average molecular weight is 694 g/mol. The molecule has 1 aromatic heterocycles. The molecular weight excluding hydrogens is 647 g/mol. The van der Waals surface area contributed by atoms with E-state index in [0.29, 0.717) is 36.7 Å². The molecule has 46 heavy (non-hydrogen) atoms. The molecule has 9 nitrogen and oxygen atoms in total. The smallest absolute Gasteiger partial charge is 0.311 e. The fourth-order valence-electron chi connectivity index (χ4n) is 4.31. The van der Waals surface area contributed by atoms with E-state index in [1.165, 1.54) is 0 Å². The summed E-state index contributed by atoms with van der Waals surface area (Å²) in [6.07, 6.45) is 16.6. The molecule has 2 atom stereocenters. The first-order valence-electron chi connectivity index (χ1n) is 15.6. The van der Waals surface area contributed by atoms with Gasteiger partial charge in [0, 0.05) is 35.5 Å². The number of ether oxygens (including phenoxy) is 1. The van der Waals surface area contributed by atoms with Gasteiger partial charge in [-0.1, -0.05) is 77.0 Å². The molecule has 0 radical (unpaired) electrons. The third-order valence-corrected chi connectivity index (χ3v) is 9.78. The van der Waals surface area contributed by atoms with Crippen molar-refractivity contribution >= 4 is 50.6 Å². The number of nitro groups is 1. The summed E-state index contributed by atoms with van der Waals surface area (Å²) in [5.74, 6) is 0.228. The highest BCUT2D eigenvalue weighted by Crippen LogP contribution is 2.30. The molecule has 1 heterocycles. The number of ketones is 1. The van der Waals surface area contributed by atoms with Crippen molar-refractivity contribution < 1.29 is 34.3 Å². The van der Waals surface area contributed by atoms with Crippen molar-refractivity contribution in [3.63, 3.8) is 0 Å². The number of hydrogen-bond donors (Lipinski definition) is 2. The number of nitrogens with zero attached hydrogens (tertiary/aromatic N) is 1. The topological polar surface area (TPSA) is 144 Å². The van der Waals surface area contributed by atoms with Gasteiger partial charge in [0.15, 0.2) is 0 Å². The number of benzene rings is 1. The lowest BCUT2D eigenvalue weighted by Gasteiger charge is -2.21. The maximum Gasteiger partial charge on any atom is 0.311 e. The second-order valence-electron chi connectivity index (χ2n) is 11.3. The third kappa shape index (κ3) is 20.1. The van der Waals surface area contributed by atoms with E-state index in [-0.39, 0.29) is 25.4 Å². The van der Waals surface area contributed by atoms with Crippen LogP contribution in [0.3, 0.4) is 0 Å². The summed E-state index contributed by atoms with van der Waals surface area (Å²) in [5.41, 5.74) is 0.523. The predicted octanol–water partition coefficient (Wildman–Crippen LogP) is 9.23. The van der Waals surface area contributed by atoms with E-state index in [0.717, 1.165) is 59.2 Å². The Morgan fingerprint density at radius 3 is 2.41 bits per heavy atom. The van der Waals surface area contributed by atoms with Gasteiger partial charge in [0.1, 0.15) is 15.4 Å². The van der Waals surface area contributed by atoms with Crippen molar-refractivity contribution in [3.05, 3.63) is 68.6 Å². The summed E-state index contributed by atoms with van der Waals surface area (Å²) in [5, 5.41) is 27.7. The van der Waals surface area contributed by atoms with E-state index >= 15 is 0 Å². The summed E-state index contributed by atoms with van der Waals surface area (Å²) in [6, 6.07) is 9.55. The summed E-state index contributed by atoms with van der Waals surface area (Å²) < 4.78 is 6.21. The fourth-order valence-corrected chi connectivity index (χ4v) is 6.72. The largest absolute Gasteiger partial charge is 0.481 e. The highest BCUT2D eigenvalue weighted by molar-refractivity contribution is 7.80. The van der Waals surface area contributed by atoms with Crippen LogP contribution in [0.1, 0.15) is 97.8 Å². The zero-order valence-electron chi connectivity index (χ0n) is 27.0. The Morgan fingerprint density at radius 1 is 1.15 bits per heavy atom. The number of Topliss-reactive ketones (excluding diaryl/α,β-unsaturated/α-hetero) is 1.